The van der Waals surface area contributed by atoms with Gasteiger partial charge in [0.15, 0.2) is 46.7 Å². The van der Waals surface area contributed by atoms with Gasteiger partial charge in [-0.2, -0.15) is 0 Å². The molecule has 3 aromatic carbocycles. The van der Waals surface area contributed by atoms with E-state index in [0.717, 1.165) is 11.1 Å². The van der Waals surface area contributed by atoms with Crippen molar-refractivity contribution in [3.8, 4) is 40.2 Å². The molecule has 290 valence electrons. The molecule has 2 aliphatic heterocycles. The maximum Gasteiger partial charge on any atom is 0.308 e. The summed E-state index contributed by atoms with van der Waals surface area (Å²) in [4.78, 5) is 47.6. The van der Waals surface area contributed by atoms with Gasteiger partial charge in [0.05, 0.1) is 53.9 Å². The van der Waals surface area contributed by atoms with E-state index < -0.39 is 42.2 Å². The smallest absolute Gasteiger partial charge is 0.308 e. The molecule has 2 aliphatic rings. The Morgan fingerprint density at radius 1 is 0.611 bits per heavy atom. The summed E-state index contributed by atoms with van der Waals surface area (Å²) in [6, 6.07) is 13.5. The molecule has 0 saturated carbocycles. The topological polar surface area (TPSA) is 170 Å². The Balaban J connectivity index is 1.45. The molecule has 6 atom stereocenters. The normalized spacial score (nSPS) is 19.8. The van der Waals surface area contributed by atoms with Gasteiger partial charge in [-0.3, -0.25) is 19.2 Å². The molecular formula is C39H44O15. The highest BCUT2D eigenvalue weighted by atomic mass is 16.6. The van der Waals surface area contributed by atoms with E-state index in [1.54, 1.807) is 30.3 Å². The van der Waals surface area contributed by atoms with E-state index in [1.165, 1.54) is 68.3 Å². The van der Waals surface area contributed by atoms with Crippen molar-refractivity contribution in [1.29, 1.82) is 0 Å². The summed E-state index contributed by atoms with van der Waals surface area (Å²) >= 11 is 0. The highest BCUT2D eigenvalue weighted by Gasteiger charge is 2.48. The summed E-state index contributed by atoms with van der Waals surface area (Å²) in [5.41, 5.74) is 2.00. The molecule has 5 rings (SSSR count). The predicted molar refractivity (Wildman–Crippen MR) is 188 cm³/mol. The van der Waals surface area contributed by atoms with Crippen molar-refractivity contribution < 1.29 is 71.3 Å². The van der Waals surface area contributed by atoms with Gasteiger partial charge in [0.1, 0.15) is 6.61 Å². The third-order valence-corrected chi connectivity index (χ3v) is 8.97. The number of carbonyl (C=O) groups excluding carboxylic acids is 4. The van der Waals surface area contributed by atoms with Crippen LogP contribution in [0.25, 0.3) is 0 Å². The number of hydrogen-bond acceptors (Lipinski definition) is 15. The first-order chi connectivity index (χ1) is 25.9. The van der Waals surface area contributed by atoms with Crippen molar-refractivity contribution in [1.82, 2.24) is 0 Å². The van der Waals surface area contributed by atoms with E-state index >= 15 is 0 Å². The minimum atomic E-state index is -1.15. The zero-order chi connectivity index (χ0) is 39.1. The molecule has 0 radical (unpaired) electrons. The van der Waals surface area contributed by atoms with Crippen LogP contribution in [0.5, 0.6) is 40.2 Å². The summed E-state index contributed by atoms with van der Waals surface area (Å²) < 4.78 is 63.3. The Kier molecular flexibility index (Phi) is 12.9. The highest BCUT2D eigenvalue weighted by Crippen LogP contribution is 2.53. The highest BCUT2D eigenvalue weighted by molar-refractivity contribution is 5.71. The molecule has 0 amide bonds. The van der Waals surface area contributed by atoms with Crippen LogP contribution in [-0.2, 0) is 38.1 Å². The van der Waals surface area contributed by atoms with Crippen LogP contribution in [0.2, 0.25) is 0 Å². The number of ether oxygens (including phenoxy) is 11. The Morgan fingerprint density at radius 2 is 1.11 bits per heavy atom. The molecule has 54 heavy (non-hydrogen) atoms. The molecule has 15 heteroatoms. The first-order valence-corrected chi connectivity index (χ1v) is 17.1. The molecule has 2 saturated heterocycles. The number of carbonyl (C=O) groups is 4. The quantitative estimate of drug-likeness (QED) is 0.145. The fraction of sp³-hybridized carbons (Fsp3) is 0.436. The number of esters is 4. The fourth-order valence-electron chi connectivity index (χ4n) is 6.69. The molecule has 3 aromatic rings. The molecule has 0 aromatic heterocycles. The number of rotatable bonds is 15. The van der Waals surface area contributed by atoms with Crippen LogP contribution in [0.3, 0.4) is 0 Å². The van der Waals surface area contributed by atoms with Gasteiger partial charge in [0, 0.05) is 45.1 Å². The van der Waals surface area contributed by atoms with Gasteiger partial charge in [-0.1, -0.05) is 12.1 Å². The van der Waals surface area contributed by atoms with Crippen LogP contribution in [0, 0.1) is 11.8 Å². The van der Waals surface area contributed by atoms with Crippen molar-refractivity contribution in [2.24, 2.45) is 11.8 Å². The van der Waals surface area contributed by atoms with Crippen LogP contribution in [0.15, 0.2) is 48.5 Å². The standard InChI is InChI=1S/C39H44O15/c1-20(40)48-19-35(38(53-23(4)43)25-10-12-30(52-22(3)42)32(14-25)45-6)54-39-33(46-7)15-26(16-34(39)47-8)37-28-18-49-36(27(28)17-50-37)24-9-11-29(51-21(2)41)31(13-24)44-5/h9-16,27-28,35-38H,17-19H2,1-8H3/t27-,28-,35+,36+,37+,38+/m0/s1. The summed E-state index contributed by atoms with van der Waals surface area (Å²) in [6.07, 6.45) is -2.97. The summed E-state index contributed by atoms with van der Waals surface area (Å²) in [5, 5.41) is 0. The zero-order valence-electron chi connectivity index (χ0n) is 31.3. The van der Waals surface area contributed by atoms with Crippen molar-refractivity contribution in [2.45, 2.75) is 52.1 Å². The van der Waals surface area contributed by atoms with Gasteiger partial charge >= 0.3 is 23.9 Å². The van der Waals surface area contributed by atoms with E-state index in [2.05, 4.69) is 0 Å². The number of fused-ring (bicyclic) bond motifs is 1. The largest absolute Gasteiger partial charge is 0.493 e. The lowest BCUT2D eigenvalue weighted by atomic mass is 9.84. The van der Waals surface area contributed by atoms with Gasteiger partial charge in [-0.25, -0.2) is 0 Å². The number of benzene rings is 3. The molecule has 0 unspecified atom stereocenters. The lowest BCUT2D eigenvalue weighted by molar-refractivity contribution is -0.157. The van der Waals surface area contributed by atoms with E-state index in [9.17, 15) is 19.2 Å². The van der Waals surface area contributed by atoms with Gasteiger partial charge in [-0.15, -0.1) is 0 Å². The zero-order valence-corrected chi connectivity index (χ0v) is 31.3. The van der Waals surface area contributed by atoms with Gasteiger partial charge in [0.25, 0.3) is 0 Å². The first kappa shape index (κ1) is 39.7. The maximum atomic E-state index is 12.4. The fourth-order valence-corrected chi connectivity index (χ4v) is 6.69. The second-order valence-electron chi connectivity index (χ2n) is 12.6. The van der Waals surface area contributed by atoms with Gasteiger partial charge in [0.2, 0.25) is 5.75 Å². The second kappa shape index (κ2) is 17.5. The number of hydrogen-bond donors (Lipinski definition) is 0. The molecule has 0 aliphatic carbocycles. The Hall–Kier alpha value is -5.54. The minimum Gasteiger partial charge on any atom is -0.493 e. The monoisotopic (exact) mass is 752 g/mol. The Bertz CT molecular complexity index is 1830. The first-order valence-electron chi connectivity index (χ1n) is 17.1. The Labute approximate surface area is 312 Å². The lowest BCUT2D eigenvalue weighted by Crippen LogP contribution is -2.34. The van der Waals surface area contributed by atoms with Crippen molar-refractivity contribution in [3.63, 3.8) is 0 Å². The van der Waals surface area contributed by atoms with Crippen molar-refractivity contribution in [3.05, 3.63) is 65.2 Å². The Morgan fingerprint density at radius 3 is 1.61 bits per heavy atom. The third kappa shape index (κ3) is 8.97. The van der Waals surface area contributed by atoms with Gasteiger partial charge < -0.3 is 52.1 Å². The molecule has 2 heterocycles. The average molecular weight is 753 g/mol. The molecule has 0 spiro atoms. The molecule has 0 bridgehead atoms. The lowest BCUT2D eigenvalue weighted by Gasteiger charge is -2.29. The predicted octanol–water partition coefficient (Wildman–Crippen LogP) is 5.26. The number of methoxy groups -OCH3 is 4. The van der Waals surface area contributed by atoms with E-state index in [4.69, 9.17) is 52.1 Å². The third-order valence-electron chi connectivity index (χ3n) is 8.97. The summed E-state index contributed by atoms with van der Waals surface area (Å²) in [7, 11) is 5.83. The summed E-state index contributed by atoms with van der Waals surface area (Å²) in [5.74, 6) is -0.513. The molecule has 15 nitrogen and oxygen atoms in total. The van der Waals surface area contributed by atoms with E-state index in [1.807, 2.05) is 6.07 Å². The van der Waals surface area contributed by atoms with Crippen LogP contribution < -0.4 is 33.2 Å². The molecule has 0 N–H and O–H groups in total. The second-order valence-corrected chi connectivity index (χ2v) is 12.6. The van der Waals surface area contributed by atoms with Crippen LogP contribution in [0.4, 0.5) is 0 Å². The van der Waals surface area contributed by atoms with Crippen LogP contribution >= 0.6 is 0 Å². The maximum absolute atomic E-state index is 12.4. The van der Waals surface area contributed by atoms with Crippen LogP contribution in [0.1, 0.15) is 62.7 Å². The SMILES string of the molecule is COc1cc([C@H]2OC[C@H]3[C@@H]2CO[C@@H]3c2cc(OC)c(O[C@H](COC(C)=O)[C@H](OC(C)=O)c3ccc(OC(C)=O)c(OC)c3)c(OC)c2)ccc1OC(C)=O. The van der Waals surface area contributed by atoms with E-state index in [0.29, 0.717) is 30.3 Å². The molecular weight excluding hydrogens is 708 g/mol. The molecule has 2 fully saturated rings. The minimum absolute atomic E-state index is 0.00554. The van der Waals surface area contributed by atoms with Crippen molar-refractivity contribution >= 4 is 23.9 Å². The van der Waals surface area contributed by atoms with Crippen molar-refractivity contribution in [2.75, 3.05) is 48.3 Å². The van der Waals surface area contributed by atoms with Crippen LogP contribution in [-0.4, -0.2) is 78.2 Å². The van der Waals surface area contributed by atoms with Gasteiger partial charge in [-0.05, 0) is 47.5 Å². The summed E-state index contributed by atoms with van der Waals surface area (Å²) in [6.45, 7) is 5.53. The van der Waals surface area contributed by atoms with E-state index in [-0.39, 0.29) is 53.3 Å². The average Bonchev–Trinajstić information content (AvgIpc) is 3.75.